The molecular weight excluding hydrogens is 356 g/mol. The molecule has 0 atom stereocenters. The Morgan fingerprint density at radius 1 is 1.25 bits per heavy atom. The fourth-order valence-electron chi connectivity index (χ4n) is 3.62. The summed E-state index contributed by atoms with van der Waals surface area (Å²) in [6.07, 6.45) is 5.96. The number of carbonyl (C=O) groups is 1. The minimum atomic E-state index is -0.199. The maximum atomic E-state index is 12.1. The molecule has 1 fully saturated rings. The van der Waals surface area contributed by atoms with E-state index in [9.17, 15) is 9.59 Å². The van der Waals surface area contributed by atoms with Crippen molar-refractivity contribution in [3.05, 3.63) is 57.8 Å². The van der Waals surface area contributed by atoms with Crippen LogP contribution in [0, 0.1) is 12.8 Å². The number of pyridine rings is 1. The quantitative estimate of drug-likeness (QED) is 0.748. The third kappa shape index (κ3) is 3.00. The van der Waals surface area contributed by atoms with Crippen molar-refractivity contribution < 1.29 is 4.79 Å². The van der Waals surface area contributed by atoms with E-state index in [-0.39, 0.29) is 17.4 Å². The van der Waals surface area contributed by atoms with E-state index >= 15 is 0 Å². The highest BCUT2D eigenvalue weighted by Crippen LogP contribution is 2.31. The molecule has 0 bridgehead atoms. The minimum Gasteiger partial charge on any atom is -0.350 e. The number of aryl methyl sites for hydroxylation is 1. The highest BCUT2D eigenvalue weighted by Gasteiger charge is 2.30. The second-order valence-electron chi connectivity index (χ2n) is 7.47. The van der Waals surface area contributed by atoms with Crippen molar-refractivity contribution in [2.45, 2.75) is 32.7 Å². The Kier molecular flexibility index (Phi) is 3.85. The van der Waals surface area contributed by atoms with Crippen molar-refractivity contribution in [1.82, 2.24) is 19.6 Å². The van der Waals surface area contributed by atoms with Crippen LogP contribution in [0.1, 0.15) is 29.7 Å². The molecule has 1 saturated carbocycles. The van der Waals surface area contributed by atoms with Gasteiger partial charge in [-0.05, 0) is 43.0 Å². The Labute approximate surface area is 161 Å². The van der Waals surface area contributed by atoms with Crippen LogP contribution in [-0.2, 0) is 17.8 Å². The number of amides is 1. The molecule has 1 N–H and O–H groups in total. The molecule has 142 valence electrons. The first kappa shape index (κ1) is 16.9. The summed E-state index contributed by atoms with van der Waals surface area (Å²) in [5.74, 6) is 0.998. The molecule has 1 aliphatic carbocycles. The third-order valence-corrected chi connectivity index (χ3v) is 5.30. The molecule has 28 heavy (non-hydrogen) atoms. The largest absolute Gasteiger partial charge is 0.350 e. The van der Waals surface area contributed by atoms with Crippen LogP contribution in [-0.4, -0.2) is 32.0 Å². The number of anilines is 2. The first-order chi connectivity index (χ1) is 13.6. The Balaban J connectivity index is 1.45. The first-order valence-electron chi connectivity index (χ1n) is 9.48. The van der Waals surface area contributed by atoms with Gasteiger partial charge in [-0.2, -0.15) is 4.52 Å². The van der Waals surface area contributed by atoms with Gasteiger partial charge in [-0.25, -0.2) is 4.98 Å². The maximum absolute atomic E-state index is 12.1. The molecule has 0 unspecified atom stereocenters. The van der Waals surface area contributed by atoms with Crippen LogP contribution in [0.2, 0.25) is 0 Å². The lowest BCUT2D eigenvalue weighted by Gasteiger charge is -2.30. The van der Waals surface area contributed by atoms with Gasteiger partial charge >= 0.3 is 0 Å². The van der Waals surface area contributed by atoms with Crippen LogP contribution in [0.4, 0.5) is 11.5 Å². The molecule has 3 aromatic heterocycles. The number of hydrogen-bond donors (Lipinski definition) is 1. The van der Waals surface area contributed by atoms with E-state index < -0.39 is 0 Å². The molecule has 0 saturated heterocycles. The molecule has 0 spiro atoms. The zero-order valence-electron chi connectivity index (χ0n) is 15.6. The minimum absolute atomic E-state index is 0.0772. The number of rotatable bonds is 3. The molecule has 0 radical (unpaired) electrons. The van der Waals surface area contributed by atoms with E-state index in [1.54, 1.807) is 6.20 Å². The summed E-state index contributed by atoms with van der Waals surface area (Å²) in [4.78, 5) is 35.1. The molecular formula is C20H20N6O2. The van der Waals surface area contributed by atoms with Gasteiger partial charge in [-0.3, -0.25) is 14.6 Å². The van der Waals surface area contributed by atoms with Gasteiger partial charge in [-0.15, -0.1) is 5.10 Å². The average Bonchev–Trinajstić information content (AvgIpc) is 3.53. The Morgan fingerprint density at radius 3 is 2.93 bits per heavy atom. The summed E-state index contributed by atoms with van der Waals surface area (Å²) in [6, 6.07) is 5.28. The zero-order chi connectivity index (χ0) is 19.3. The number of nitrogens with zero attached hydrogens (tertiary/aromatic N) is 5. The lowest BCUT2D eigenvalue weighted by atomic mass is 10.0. The number of carbonyl (C=O) groups excluding carboxylic acids is 1. The van der Waals surface area contributed by atoms with Crippen molar-refractivity contribution in [1.29, 1.82) is 0 Å². The monoisotopic (exact) mass is 376 g/mol. The summed E-state index contributed by atoms with van der Waals surface area (Å²) in [5.41, 5.74) is 4.15. The molecule has 1 aliphatic heterocycles. The van der Waals surface area contributed by atoms with Crippen LogP contribution in [0.15, 0.2) is 35.4 Å². The molecule has 3 aromatic rings. The Morgan fingerprint density at radius 2 is 2.11 bits per heavy atom. The van der Waals surface area contributed by atoms with Gasteiger partial charge in [0.15, 0.2) is 11.5 Å². The summed E-state index contributed by atoms with van der Waals surface area (Å²) >= 11 is 0. The summed E-state index contributed by atoms with van der Waals surface area (Å²) in [7, 11) is 0. The van der Waals surface area contributed by atoms with Crippen molar-refractivity contribution in [2.75, 3.05) is 16.8 Å². The highest BCUT2D eigenvalue weighted by molar-refractivity contribution is 5.94. The van der Waals surface area contributed by atoms with E-state index in [0.717, 1.165) is 54.1 Å². The molecule has 8 heteroatoms. The normalized spacial score (nSPS) is 16.1. The standard InChI is InChI=1S/C20H20N6O2/c1-12-8-17-21-6-4-18(27)26(17)24-19(12)25-7-5-16-14(11-25)9-15(10-22-16)23-20(28)13-2-3-13/h4,6,8-10,13H,2-3,5,7,11H2,1H3,(H,23,28). The molecule has 5 rings (SSSR count). The number of hydrogen-bond acceptors (Lipinski definition) is 6. The van der Waals surface area contributed by atoms with Crippen LogP contribution in [0.3, 0.4) is 0 Å². The van der Waals surface area contributed by atoms with E-state index in [0.29, 0.717) is 12.2 Å². The predicted octanol–water partition coefficient (Wildman–Crippen LogP) is 1.70. The van der Waals surface area contributed by atoms with Crippen molar-refractivity contribution >= 4 is 23.1 Å². The average molecular weight is 376 g/mol. The highest BCUT2D eigenvalue weighted by atomic mass is 16.2. The van der Waals surface area contributed by atoms with Crippen molar-refractivity contribution in [3.8, 4) is 0 Å². The summed E-state index contributed by atoms with van der Waals surface area (Å²) in [6.45, 7) is 3.37. The second-order valence-corrected chi connectivity index (χ2v) is 7.47. The fourth-order valence-corrected chi connectivity index (χ4v) is 3.62. The fraction of sp³-hybridized carbons (Fsp3) is 0.350. The van der Waals surface area contributed by atoms with Gasteiger partial charge in [0.25, 0.3) is 5.56 Å². The van der Waals surface area contributed by atoms with Gasteiger partial charge in [0.1, 0.15) is 0 Å². The Hall–Kier alpha value is -3.29. The lowest BCUT2D eigenvalue weighted by molar-refractivity contribution is -0.117. The Bertz CT molecular complexity index is 1150. The second kappa shape index (κ2) is 6.40. The number of fused-ring (bicyclic) bond motifs is 2. The summed E-state index contributed by atoms with van der Waals surface area (Å²) < 4.78 is 1.34. The van der Waals surface area contributed by atoms with E-state index in [2.05, 4.69) is 25.3 Å². The topological polar surface area (TPSA) is 92.5 Å². The smallest absolute Gasteiger partial charge is 0.274 e. The predicted molar refractivity (Wildman–Crippen MR) is 104 cm³/mol. The zero-order valence-corrected chi connectivity index (χ0v) is 15.6. The molecule has 1 amide bonds. The first-order valence-corrected chi connectivity index (χ1v) is 9.48. The van der Waals surface area contributed by atoms with Crippen LogP contribution < -0.4 is 15.8 Å². The lowest BCUT2D eigenvalue weighted by Crippen LogP contribution is -2.33. The van der Waals surface area contributed by atoms with Crippen LogP contribution >= 0.6 is 0 Å². The van der Waals surface area contributed by atoms with Crippen molar-refractivity contribution in [3.63, 3.8) is 0 Å². The molecule has 2 aliphatic rings. The SMILES string of the molecule is Cc1cc2nccc(=O)n2nc1N1CCc2ncc(NC(=O)C3CC3)cc2C1. The molecule has 8 nitrogen and oxygen atoms in total. The van der Waals surface area contributed by atoms with Gasteiger partial charge in [0, 0.05) is 43.4 Å². The van der Waals surface area contributed by atoms with Gasteiger partial charge in [0.05, 0.1) is 11.9 Å². The molecule has 4 heterocycles. The maximum Gasteiger partial charge on any atom is 0.274 e. The van der Waals surface area contributed by atoms with Gasteiger partial charge < -0.3 is 10.2 Å². The molecule has 0 aromatic carbocycles. The van der Waals surface area contributed by atoms with Gasteiger partial charge in [0.2, 0.25) is 5.91 Å². The number of aromatic nitrogens is 4. The van der Waals surface area contributed by atoms with E-state index in [1.807, 2.05) is 19.1 Å². The number of nitrogens with one attached hydrogen (secondary N) is 1. The van der Waals surface area contributed by atoms with Gasteiger partial charge in [-0.1, -0.05) is 0 Å². The summed E-state index contributed by atoms with van der Waals surface area (Å²) in [5, 5.41) is 7.51. The van der Waals surface area contributed by atoms with E-state index in [1.165, 1.54) is 16.8 Å². The van der Waals surface area contributed by atoms with Crippen LogP contribution in [0.5, 0.6) is 0 Å². The third-order valence-electron chi connectivity index (χ3n) is 5.30. The van der Waals surface area contributed by atoms with E-state index in [4.69, 9.17) is 0 Å². The van der Waals surface area contributed by atoms with Crippen LogP contribution in [0.25, 0.3) is 5.65 Å². The van der Waals surface area contributed by atoms with Crippen molar-refractivity contribution in [2.24, 2.45) is 5.92 Å².